The van der Waals surface area contributed by atoms with E-state index in [1.807, 2.05) is 27.7 Å². The Morgan fingerprint density at radius 2 is 1.51 bits per heavy atom. The van der Waals surface area contributed by atoms with Crippen LogP contribution in [0.5, 0.6) is 11.5 Å². The molecule has 196 valence electrons. The van der Waals surface area contributed by atoms with Gasteiger partial charge in [-0.15, -0.1) is 0 Å². The van der Waals surface area contributed by atoms with E-state index in [4.69, 9.17) is 24.7 Å². The summed E-state index contributed by atoms with van der Waals surface area (Å²) < 4.78 is 20.9. The van der Waals surface area contributed by atoms with Crippen molar-refractivity contribution in [1.29, 1.82) is 0 Å². The van der Waals surface area contributed by atoms with E-state index in [1.54, 1.807) is 6.07 Å². The Balaban J connectivity index is 3.06. The lowest BCUT2D eigenvalue weighted by Crippen LogP contribution is -2.51. The lowest BCUT2D eigenvalue weighted by atomic mass is 9.88. The van der Waals surface area contributed by atoms with Crippen LogP contribution >= 0.6 is 0 Å². The van der Waals surface area contributed by atoms with Crippen LogP contribution < -0.4 is 15.2 Å². The molecule has 0 spiro atoms. The molecule has 9 heteroatoms. The Morgan fingerprint density at radius 3 is 2.06 bits per heavy atom. The molecule has 1 aromatic rings. The third-order valence-electron chi connectivity index (χ3n) is 5.21. The highest BCUT2D eigenvalue weighted by molar-refractivity contribution is 5.81. The minimum absolute atomic E-state index is 0.0186. The van der Waals surface area contributed by atoms with Crippen molar-refractivity contribution in [3.63, 3.8) is 0 Å². The van der Waals surface area contributed by atoms with E-state index in [9.17, 15) is 19.2 Å². The number of hydrogen-bond acceptors (Lipinski definition) is 9. The minimum atomic E-state index is -1.49. The van der Waals surface area contributed by atoms with Crippen LogP contribution in [0.3, 0.4) is 0 Å². The molecule has 0 fully saturated rings. The number of nitrogens with two attached hydrogens (primary N) is 1. The maximum atomic E-state index is 12.5. The Bertz CT molecular complexity index is 867. The van der Waals surface area contributed by atoms with E-state index in [1.165, 1.54) is 19.2 Å². The van der Waals surface area contributed by atoms with Gasteiger partial charge in [0.25, 0.3) is 0 Å². The van der Waals surface area contributed by atoms with Gasteiger partial charge in [-0.25, -0.2) is 0 Å². The highest BCUT2D eigenvalue weighted by Crippen LogP contribution is 2.31. The van der Waals surface area contributed by atoms with Gasteiger partial charge in [-0.2, -0.15) is 0 Å². The predicted molar refractivity (Wildman–Crippen MR) is 130 cm³/mol. The summed E-state index contributed by atoms with van der Waals surface area (Å²) in [6, 6.07) is 4.65. The molecule has 0 aliphatic heterocycles. The summed E-state index contributed by atoms with van der Waals surface area (Å²) in [5.74, 6) is -1.40. The Labute approximate surface area is 207 Å². The van der Waals surface area contributed by atoms with Gasteiger partial charge in [0.2, 0.25) is 0 Å². The first-order chi connectivity index (χ1) is 16.5. The van der Waals surface area contributed by atoms with Crippen LogP contribution in [0.2, 0.25) is 0 Å². The molecule has 2 N–H and O–H groups in total. The number of methoxy groups -OCH3 is 1. The average molecular weight is 494 g/mol. The van der Waals surface area contributed by atoms with Crippen molar-refractivity contribution in [3.8, 4) is 11.5 Å². The van der Waals surface area contributed by atoms with Gasteiger partial charge in [0.1, 0.15) is 5.54 Å². The monoisotopic (exact) mass is 493 g/mol. The maximum absolute atomic E-state index is 12.5. The number of carbonyl (C=O) groups excluding carboxylic acids is 4. The molecule has 0 heterocycles. The quantitative estimate of drug-likeness (QED) is 0.285. The summed E-state index contributed by atoms with van der Waals surface area (Å²) in [6.07, 6.45) is 2.66. The molecule has 0 unspecified atom stereocenters. The van der Waals surface area contributed by atoms with Crippen molar-refractivity contribution >= 4 is 23.9 Å². The van der Waals surface area contributed by atoms with Gasteiger partial charge in [-0.05, 0) is 42.9 Å². The molecule has 0 bridgehead atoms. The van der Waals surface area contributed by atoms with Crippen molar-refractivity contribution in [1.82, 2.24) is 0 Å². The Morgan fingerprint density at radius 1 is 0.914 bits per heavy atom. The third kappa shape index (κ3) is 10.9. The number of benzene rings is 1. The fraction of sp³-hybridized carbons (Fsp3) is 0.615. The van der Waals surface area contributed by atoms with Crippen LogP contribution in [0.15, 0.2) is 18.2 Å². The van der Waals surface area contributed by atoms with Crippen molar-refractivity contribution in [2.75, 3.05) is 13.7 Å². The highest BCUT2D eigenvalue weighted by atomic mass is 16.6. The second kappa shape index (κ2) is 15.1. The second-order valence-corrected chi connectivity index (χ2v) is 8.96. The van der Waals surface area contributed by atoms with Gasteiger partial charge in [-0.1, -0.05) is 33.8 Å². The number of esters is 4. The molecule has 0 aliphatic carbocycles. The molecule has 35 heavy (non-hydrogen) atoms. The molecule has 9 nitrogen and oxygen atoms in total. The first-order valence-electron chi connectivity index (χ1n) is 12.1. The zero-order valence-corrected chi connectivity index (χ0v) is 21.5. The van der Waals surface area contributed by atoms with Crippen LogP contribution in [0.4, 0.5) is 0 Å². The first-order valence-corrected chi connectivity index (χ1v) is 12.1. The van der Waals surface area contributed by atoms with Gasteiger partial charge >= 0.3 is 23.9 Å². The first kappa shape index (κ1) is 30.1. The molecule has 0 saturated heterocycles. The number of ether oxygens (including phenoxy) is 4. The van der Waals surface area contributed by atoms with Gasteiger partial charge in [0.05, 0.1) is 13.7 Å². The predicted octanol–water partition coefficient (Wildman–Crippen LogP) is 3.88. The average Bonchev–Trinajstić information content (AvgIpc) is 2.79. The van der Waals surface area contributed by atoms with E-state index >= 15 is 0 Å². The van der Waals surface area contributed by atoms with Crippen LogP contribution in [0.25, 0.3) is 0 Å². The molecule has 1 aromatic carbocycles. The second-order valence-electron chi connectivity index (χ2n) is 8.96. The molecule has 0 aromatic heterocycles. The smallest absolute Gasteiger partial charge is 0.326 e. The lowest BCUT2D eigenvalue weighted by Gasteiger charge is -2.27. The maximum Gasteiger partial charge on any atom is 0.326 e. The Hall–Kier alpha value is -2.94. The number of hydrogen-bond donors (Lipinski definition) is 1. The van der Waals surface area contributed by atoms with E-state index in [2.05, 4.69) is 0 Å². The molecule has 0 amide bonds. The van der Waals surface area contributed by atoms with Gasteiger partial charge in [0, 0.05) is 32.1 Å². The molecule has 1 rings (SSSR count). The van der Waals surface area contributed by atoms with Gasteiger partial charge < -0.3 is 24.7 Å². The van der Waals surface area contributed by atoms with E-state index in [0.717, 1.165) is 0 Å². The van der Waals surface area contributed by atoms with Crippen LogP contribution in [-0.2, 0) is 35.1 Å². The largest absolute Gasteiger partial charge is 0.468 e. The SMILES string of the molecule is CCCC(=O)Oc1ccc(C[C@](N)(CCOC(=O)CCC(C)C)C(=O)OC)cc1OC(=O)CCC. The zero-order chi connectivity index (χ0) is 26.4. The zero-order valence-electron chi connectivity index (χ0n) is 21.5. The highest BCUT2D eigenvalue weighted by Gasteiger charge is 2.36. The molecule has 0 aliphatic rings. The van der Waals surface area contributed by atoms with Gasteiger partial charge in [-0.3, -0.25) is 19.2 Å². The minimum Gasteiger partial charge on any atom is -0.468 e. The van der Waals surface area contributed by atoms with Gasteiger partial charge in [0.15, 0.2) is 11.5 Å². The number of carbonyl (C=O) groups is 4. The fourth-order valence-corrected chi connectivity index (χ4v) is 3.24. The summed E-state index contributed by atoms with van der Waals surface area (Å²) in [5.41, 5.74) is 5.46. The summed E-state index contributed by atoms with van der Waals surface area (Å²) in [5, 5.41) is 0. The molecular weight excluding hydrogens is 454 g/mol. The topological polar surface area (TPSA) is 131 Å². The Kier molecular flexibility index (Phi) is 13.0. The van der Waals surface area contributed by atoms with E-state index in [0.29, 0.717) is 30.7 Å². The van der Waals surface area contributed by atoms with Crippen molar-refractivity contribution < 1.29 is 38.1 Å². The van der Waals surface area contributed by atoms with Crippen LogP contribution in [0, 0.1) is 5.92 Å². The van der Waals surface area contributed by atoms with E-state index in [-0.39, 0.29) is 56.2 Å². The number of rotatable bonds is 15. The van der Waals surface area contributed by atoms with Crippen LogP contribution in [0.1, 0.15) is 78.2 Å². The molecule has 0 radical (unpaired) electrons. The molecular formula is C26H39NO8. The fourth-order valence-electron chi connectivity index (χ4n) is 3.24. The molecule has 0 saturated carbocycles. The third-order valence-corrected chi connectivity index (χ3v) is 5.21. The summed E-state index contributed by atoms with van der Waals surface area (Å²) in [4.78, 5) is 48.6. The normalized spacial score (nSPS) is 12.5. The van der Waals surface area contributed by atoms with Crippen molar-refractivity contribution in [3.05, 3.63) is 23.8 Å². The molecule has 1 atom stereocenters. The van der Waals surface area contributed by atoms with Crippen molar-refractivity contribution in [2.45, 2.75) is 84.6 Å². The van der Waals surface area contributed by atoms with Crippen molar-refractivity contribution in [2.24, 2.45) is 11.7 Å². The van der Waals surface area contributed by atoms with E-state index < -0.39 is 23.4 Å². The summed E-state index contributed by atoms with van der Waals surface area (Å²) in [6.45, 7) is 7.67. The summed E-state index contributed by atoms with van der Waals surface area (Å²) >= 11 is 0. The van der Waals surface area contributed by atoms with Crippen LogP contribution in [-0.4, -0.2) is 43.1 Å². The standard InChI is InChI=1S/C26H39NO8/c1-6-8-23(29)34-20-12-11-19(16-21(20)35-24(30)9-7-2)17-26(27,25(31)32-5)14-15-33-22(28)13-10-18(3)4/h11-12,16,18H,6-10,13-15,17,27H2,1-5H3/t26-/m1/s1. The summed E-state index contributed by atoms with van der Waals surface area (Å²) in [7, 11) is 1.23. The lowest BCUT2D eigenvalue weighted by molar-refractivity contribution is -0.151.